The van der Waals surface area contributed by atoms with Gasteiger partial charge in [-0.25, -0.2) is 33.7 Å². The monoisotopic (exact) mass is 520 g/mol. The molecule has 3 rings (SSSR count). The SMILES string of the molecule is Nc1ncnc2c1ncn2C1O[C@H](CCNP(=O)(O)OP(=O)(O)OP(=O)(O)O)[C@@H](O)[C@H]1O. The molecule has 1 fully saturated rings. The van der Waals surface area contributed by atoms with E-state index < -0.39 is 54.5 Å². The first-order valence-electron chi connectivity index (χ1n) is 8.53. The molecule has 1 aliphatic rings. The highest BCUT2D eigenvalue weighted by atomic mass is 31.3. The first-order chi connectivity index (χ1) is 14.7. The van der Waals surface area contributed by atoms with Gasteiger partial charge in [0.2, 0.25) is 0 Å². The Labute approximate surface area is 178 Å². The summed E-state index contributed by atoms with van der Waals surface area (Å²) < 4.78 is 48.0. The maximum absolute atomic E-state index is 11.8. The summed E-state index contributed by atoms with van der Waals surface area (Å²) in [6.45, 7) is -0.454. The Morgan fingerprint density at radius 3 is 2.44 bits per heavy atom. The molecule has 32 heavy (non-hydrogen) atoms. The van der Waals surface area contributed by atoms with E-state index in [1.165, 1.54) is 17.2 Å². The van der Waals surface area contributed by atoms with E-state index in [1.54, 1.807) is 0 Å². The van der Waals surface area contributed by atoms with Crippen molar-refractivity contribution < 1.29 is 56.8 Å². The summed E-state index contributed by atoms with van der Waals surface area (Å²) in [5.41, 5.74) is 6.17. The zero-order valence-corrected chi connectivity index (χ0v) is 18.4. The fraction of sp³-hybridized carbons (Fsp3) is 0.545. The van der Waals surface area contributed by atoms with Crippen molar-refractivity contribution in [2.24, 2.45) is 0 Å². The Kier molecular flexibility index (Phi) is 7.20. The first-order valence-corrected chi connectivity index (χ1v) is 13.1. The molecule has 0 bridgehead atoms. The molecule has 1 saturated heterocycles. The molecule has 1 aliphatic heterocycles. The highest BCUT2D eigenvalue weighted by molar-refractivity contribution is 7.67. The van der Waals surface area contributed by atoms with Crippen LogP contribution in [-0.2, 0) is 27.1 Å². The summed E-state index contributed by atoms with van der Waals surface area (Å²) in [6, 6.07) is 0. The molecule has 180 valence electrons. The molecule has 0 spiro atoms. The molecule has 3 heterocycles. The number of hydrogen-bond acceptors (Lipinski definition) is 12. The van der Waals surface area contributed by atoms with E-state index in [0.29, 0.717) is 0 Å². The number of aliphatic hydroxyl groups is 2. The van der Waals surface area contributed by atoms with Gasteiger partial charge in [0.05, 0.1) is 12.4 Å². The molecule has 0 saturated carbocycles. The summed E-state index contributed by atoms with van der Waals surface area (Å²) in [5, 5.41) is 22.4. The number of nitrogens with two attached hydrogens (primary N) is 1. The Hall–Kier alpha value is -1.36. The zero-order chi connectivity index (χ0) is 23.9. The van der Waals surface area contributed by atoms with Crippen LogP contribution in [0, 0.1) is 0 Å². The highest BCUT2D eigenvalue weighted by Crippen LogP contribution is 2.64. The van der Waals surface area contributed by atoms with Crippen LogP contribution in [0.3, 0.4) is 0 Å². The topological polar surface area (TPSA) is 282 Å². The molecule has 9 N–H and O–H groups in total. The molecular formula is C11H19N6O12P3. The van der Waals surface area contributed by atoms with Gasteiger partial charge in [-0.3, -0.25) is 4.57 Å². The van der Waals surface area contributed by atoms with Gasteiger partial charge in [0, 0.05) is 6.54 Å². The molecular weight excluding hydrogens is 501 g/mol. The van der Waals surface area contributed by atoms with E-state index in [1.807, 2.05) is 5.09 Å². The number of ether oxygens (including phenoxy) is 1. The van der Waals surface area contributed by atoms with Crippen LogP contribution in [0.15, 0.2) is 12.7 Å². The number of hydrogen-bond donors (Lipinski definition) is 8. The molecule has 0 aliphatic carbocycles. The van der Waals surface area contributed by atoms with Gasteiger partial charge in [-0.05, 0) is 6.42 Å². The van der Waals surface area contributed by atoms with Crippen LogP contribution < -0.4 is 10.8 Å². The molecule has 18 nitrogen and oxygen atoms in total. The average Bonchev–Trinajstić information content (AvgIpc) is 3.16. The number of nitrogen functional groups attached to an aromatic ring is 1. The lowest BCUT2D eigenvalue weighted by atomic mass is 10.1. The largest absolute Gasteiger partial charge is 0.489 e. The van der Waals surface area contributed by atoms with Crippen molar-refractivity contribution in [3.63, 3.8) is 0 Å². The second-order valence-electron chi connectivity index (χ2n) is 6.47. The van der Waals surface area contributed by atoms with Gasteiger partial charge in [0.1, 0.15) is 24.1 Å². The molecule has 21 heteroatoms. The van der Waals surface area contributed by atoms with Gasteiger partial charge in [0.25, 0.3) is 0 Å². The van der Waals surface area contributed by atoms with Crippen LogP contribution in [0.25, 0.3) is 11.2 Å². The minimum Gasteiger partial charge on any atom is -0.388 e. The molecule has 2 aromatic heterocycles. The van der Waals surface area contributed by atoms with E-state index >= 15 is 0 Å². The lowest BCUT2D eigenvalue weighted by molar-refractivity contribution is -0.0364. The number of nitrogens with zero attached hydrogens (tertiary/aromatic N) is 4. The molecule has 3 unspecified atom stereocenters. The van der Waals surface area contributed by atoms with Crippen LogP contribution in [0.2, 0.25) is 0 Å². The van der Waals surface area contributed by atoms with Crippen molar-refractivity contribution in [3.8, 4) is 0 Å². The number of nitrogens with one attached hydrogen (secondary N) is 1. The summed E-state index contributed by atoms with van der Waals surface area (Å²) in [4.78, 5) is 47.5. The van der Waals surface area contributed by atoms with Gasteiger partial charge in [0.15, 0.2) is 17.7 Å². The Balaban J connectivity index is 1.61. The Bertz CT molecular complexity index is 1120. The minimum atomic E-state index is -5.59. The van der Waals surface area contributed by atoms with Gasteiger partial charge in [-0.1, -0.05) is 0 Å². The fourth-order valence-electron chi connectivity index (χ4n) is 2.92. The minimum absolute atomic E-state index is 0.0881. The molecule has 6 atom stereocenters. The predicted octanol–water partition coefficient (Wildman–Crippen LogP) is -1.67. The maximum atomic E-state index is 11.8. The number of aromatic nitrogens is 4. The second kappa shape index (κ2) is 9.12. The average molecular weight is 520 g/mol. The zero-order valence-electron chi connectivity index (χ0n) is 15.7. The van der Waals surface area contributed by atoms with E-state index in [4.69, 9.17) is 25.2 Å². The van der Waals surface area contributed by atoms with E-state index in [9.17, 15) is 28.8 Å². The summed E-state index contributed by atoms with van der Waals surface area (Å²) in [5.74, 6) is 0.0881. The van der Waals surface area contributed by atoms with E-state index in [2.05, 4.69) is 23.6 Å². The number of aliphatic hydroxyl groups excluding tert-OH is 2. The molecule has 0 amide bonds. The van der Waals surface area contributed by atoms with Gasteiger partial charge in [-0.15, -0.1) is 0 Å². The standard InChI is InChI=1S/C11H19N6O12P3/c12-9-6-10(14-3-13-9)17(4-15-6)11-8(19)7(18)5(27-11)1-2-16-30(20,21)28-32(25,26)29-31(22,23)24/h3-5,7-8,11,18-19H,1-2H2,(H,25,26)(H2,12,13,14)(H2,16,20,21)(H2,22,23,24)/t5-,7-,8-,11?/m1/s1. The lowest BCUT2D eigenvalue weighted by Gasteiger charge is -2.19. The number of anilines is 1. The smallest absolute Gasteiger partial charge is 0.388 e. The third-order valence-electron chi connectivity index (χ3n) is 4.16. The summed E-state index contributed by atoms with van der Waals surface area (Å²) in [6.07, 6.45) is -2.87. The Morgan fingerprint density at radius 1 is 1.09 bits per heavy atom. The third-order valence-corrected chi connectivity index (χ3v) is 8.17. The second-order valence-corrected chi connectivity index (χ2v) is 11.1. The van der Waals surface area contributed by atoms with Crippen LogP contribution in [0.1, 0.15) is 12.6 Å². The normalized spacial score (nSPS) is 27.9. The van der Waals surface area contributed by atoms with Crippen molar-refractivity contribution in [3.05, 3.63) is 12.7 Å². The highest BCUT2D eigenvalue weighted by Gasteiger charge is 2.45. The number of rotatable bonds is 9. The summed E-state index contributed by atoms with van der Waals surface area (Å²) in [7, 11) is -16.1. The Morgan fingerprint density at radius 2 is 1.78 bits per heavy atom. The van der Waals surface area contributed by atoms with Crippen molar-refractivity contribution in [2.45, 2.75) is 31.0 Å². The fourth-order valence-corrected chi connectivity index (χ4v) is 6.14. The molecule has 0 aromatic carbocycles. The predicted molar refractivity (Wildman–Crippen MR) is 102 cm³/mol. The van der Waals surface area contributed by atoms with Gasteiger partial charge >= 0.3 is 23.4 Å². The number of imidazole rings is 1. The van der Waals surface area contributed by atoms with Crippen LogP contribution >= 0.6 is 23.4 Å². The first kappa shape index (κ1) is 25.3. The quantitative estimate of drug-likeness (QED) is 0.172. The van der Waals surface area contributed by atoms with Crippen LogP contribution in [-0.4, -0.2) is 74.2 Å². The van der Waals surface area contributed by atoms with Crippen molar-refractivity contribution >= 4 is 40.4 Å². The van der Waals surface area contributed by atoms with Crippen molar-refractivity contribution in [1.82, 2.24) is 24.6 Å². The van der Waals surface area contributed by atoms with E-state index in [0.717, 1.165) is 0 Å². The van der Waals surface area contributed by atoms with E-state index in [-0.39, 0.29) is 23.4 Å². The van der Waals surface area contributed by atoms with Crippen LogP contribution in [0.4, 0.5) is 5.82 Å². The van der Waals surface area contributed by atoms with Crippen molar-refractivity contribution in [2.75, 3.05) is 12.3 Å². The van der Waals surface area contributed by atoms with Gasteiger partial charge in [-0.2, -0.15) is 8.62 Å². The maximum Gasteiger partial charge on any atom is 0.489 e. The molecule has 0 radical (unpaired) electrons. The van der Waals surface area contributed by atoms with Crippen LogP contribution in [0.5, 0.6) is 0 Å². The number of fused-ring (bicyclic) bond motifs is 1. The van der Waals surface area contributed by atoms with Gasteiger partial charge < -0.3 is 40.3 Å². The third kappa shape index (κ3) is 5.95. The molecule has 2 aromatic rings. The number of phosphoric acid groups is 2. The lowest BCUT2D eigenvalue weighted by Crippen LogP contribution is -2.33. The van der Waals surface area contributed by atoms with Crippen molar-refractivity contribution in [1.29, 1.82) is 0 Å². The summed E-state index contributed by atoms with van der Waals surface area (Å²) >= 11 is 0.